The Morgan fingerprint density at radius 3 is 2.27 bits per heavy atom. The van der Waals surface area contributed by atoms with E-state index in [0.29, 0.717) is 28.1 Å². The van der Waals surface area contributed by atoms with Gasteiger partial charge in [0.15, 0.2) is 0 Å². The van der Waals surface area contributed by atoms with Gasteiger partial charge in [-0.05, 0) is 58.6 Å². The van der Waals surface area contributed by atoms with Crippen molar-refractivity contribution in [2.75, 3.05) is 23.7 Å². The predicted molar refractivity (Wildman–Crippen MR) is 136 cm³/mol. The average molecular weight is 559 g/mol. The lowest BCUT2D eigenvalue weighted by Gasteiger charge is -2.33. The molecule has 1 N–H and O–H groups in total. The van der Waals surface area contributed by atoms with E-state index in [4.69, 9.17) is 11.6 Å². The lowest BCUT2D eigenvalue weighted by Crippen LogP contribution is -2.52. The molecular weight excluding hydrogens is 530 g/mol. The molecule has 0 aliphatic heterocycles. The second-order valence-electron chi connectivity index (χ2n) is 7.58. The van der Waals surface area contributed by atoms with Crippen LogP contribution in [0, 0.1) is 0 Å². The third-order valence-electron chi connectivity index (χ3n) is 5.00. The molecule has 0 aliphatic rings. The minimum absolute atomic E-state index is 0.140. The van der Waals surface area contributed by atoms with E-state index in [1.807, 2.05) is 13.8 Å². The zero-order valence-electron chi connectivity index (χ0n) is 18.9. The molecule has 2 amide bonds. The van der Waals surface area contributed by atoms with Crippen LogP contribution in [0.4, 0.5) is 5.69 Å². The SMILES string of the molecule is CCCNC(=O)[C@@H](CC)N(Cc1ccc(Cl)cc1)C(=O)CN(c1ccccc1Br)S(C)(=O)=O. The van der Waals surface area contributed by atoms with E-state index in [9.17, 15) is 18.0 Å². The van der Waals surface area contributed by atoms with Crippen LogP contribution in [0.2, 0.25) is 5.02 Å². The number of rotatable bonds is 11. The van der Waals surface area contributed by atoms with Crippen LogP contribution in [0.25, 0.3) is 0 Å². The quantitative estimate of drug-likeness (QED) is 0.448. The Kier molecular flexibility index (Phi) is 10.2. The molecule has 0 saturated heterocycles. The minimum Gasteiger partial charge on any atom is -0.354 e. The number of hydrogen-bond acceptors (Lipinski definition) is 4. The van der Waals surface area contributed by atoms with Crippen LogP contribution < -0.4 is 9.62 Å². The van der Waals surface area contributed by atoms with Gasteiger partial charge in [-0.25, -0.2) is 8.42 Å². The van der Waals surface area contributed by atoms with Gasteiger partial charge < -0.3 is 10.2 Å². The molecule has 7 nitrogen and oxygen atoms in total. The number of para-hydroxylation sites is 1. The Bertz CT molecular complexity index is 1060. The number of hydrogen-bond donors (Lipinski definition) is 1. The third-order valence-corrected chi connectivity index (χ3v) is 7.05. The summed E-state index contributed by atoms with van der Waals surface area (Å²) in [5, 5.41) is 3.40. The lowest BCUT2D eigenvalue weighted by atomic mass is 10.1. The second kappa shape index (κ2) is 12.4. The molecule has 0 saturated carbocycles. The van der Waals surface area contributed by atoms with Gasteiger partial charge in [0.25, 0.3) is 0 Å². The fraction of sp³-hybridized carbons (Fsp3) is 0.391. The number of amides is 2. The van der Waals surface area contributed by atoms with E-state index in [-0.39, 0.29) is 12.5 Å². The molecule has 180 valence electrons. The first kappa shape index (κ1) is 27.1. The van der Waals surface area contributed by atoms with Crippen LogP contribution in [0.5, 0.6) is 0 Å². The van der Waals surface area contributed by atoms with Gasteiger partial charge in [-0.1, -0.05) is 49.7 Å². The van der Waals surface area contributed by atoms with Crippen LogP contribution in [0.15, 0.2) is 53.0 Å². The number of carbonyl (C=O) groups excluding carboxylic acids is 2. The molecule has 33 heavy (non-hydrogen) atoms. The number of nitrogens with zero attached hydrogens (tertiary/aromatic N) is 2. The molecule has 0 aliphatic carbocycles. The third kappa shape index (κ3) is 7.72. The fourth-order valence-corrected chi connectivity index (χ4v) is 4.92. The Balaban J connectivity index is 2.42. The average Bonchev–Trinajstić information content (AvgIpc) is 2.77. The van der Waals surface area contributed by atoms with Gasteiger partial charge in [0.05, 0.1) is 11.9 Å². The van der Waals surface area contributed by atoms with Crippen molar-refractivity contribution >= 4 is 55.1 Å². The number of halogens is 2. The molecule has 0 aromatic heterocycles. The van der Waals surface area contributed by atoms with Crippen molar-refractivity contribution in [1.29, 1.82) is 0 Å². The first-order chi connectivity index (χ1) is 15.6. The molecule has 2 rings (SSSR count). The molecular formula is C23H29BrClN3O4S. The van der Waals surface area contributed by atoms with E-state index in [1.54, 1.807) is 48.5 Å². The van der Waals surface area contributed by atoms with Crippen molar-refractivity contribution < 1.29 is 18.0 Å². The number of sulfonamides is 1. The topological polar surface area (TPSA) is 86.8 Å². The van der Waals surface area contributed by atoms with Gasteiger partial charge in [-0.2, -0.15) is 0 Å². The molecule has 10 heteroatoms. The summed E-state index contributed by atoms with van der Waals surface area (Å²) in [5.74, 6) is -0.752. The molecule has 0 spiro atoms. The zero-order valence-corrected chi connectivity index (χ0v) is 22.1. The standard InChI is InChI=1S/C23H29BrClN3O4S/c1-4-14-26-23(30)20(5-2)27(15-17-10-12-18(25)13-11-17)22(29)16-28(33(3,31)32)21-9-7-6-8-19(21)24/h6-13,20H,4-5,14-16H2,1-3H3,(H,26,30)/t20-/m1/s1. The first-order valence-electron chi connectivity index (χ1n) is 10.6. The Morgan fingerprint density at radius 2 is 1.73 bits per heavy atom. The highest BCUT2D eigenvalue weighted by Crippen LogP contribution is 2.28. The van der Waals surface area contributed by atoms with E-state index in [2.05, 4.69) is 21.2 Å². The molecule has 0 unspecified atom stereocenters. The summed E-state index contributed by atoms with van der Waals surface area (Å²) in [6.07, 6.45) is 2.19. The van der Waals surface area contributed by atoms with Crippen molar-refractivity contribution in [2.45, 2.75) is 39.3 Å². The highest BCUT2D eigenvalue weighted by molar-refractivity contribution is 9.10. The largest absolute Gasteiger partial charge is 0.354 e. The van der Waals surface area contributed by atoms with Crippen LogP contribution in [-0.2, 0) is 26.2 Å². The minimum atomic E-state index is -3.78. The van der Waals surface area contributed by atoms with Gasteiger partial charge >= 0.3 is 0 Å². The van der Waals surface area contributed by atoms with Crippen molar-refractivity contribution in [3.63, 3.8) is 0 Å². The lowest BCUT2D eigenvalue weighted by molar-refractivity contribution is -0.140. The normalized spacial score (nSPS) is 12.2. The van der Waals surface area contributed by atoms with Gasteiger partial charge in [-0.3, -0.25) is 13.9 Å². The molecule has 0 heterocycles. The van der Waals surface area contributed by atoms with Gasteiger partial charge in [0, 0.05) is 22.6 Å². The highest BCUT2D eigenvalue weighted by atomic mass is 79.9. The van der Waals surface area contributed by atoms with Crippen molar-refractivity contribution in [3.05, 3.63) is 63.6 Å². The summed E-state index contributed by atoms with van der Waals surface area (Å²) in [4.78, 5) is 27.8. The fourth-order valence-electron chi connectivity index (χ4n) is 3.32. The molecule has 2 aromatic carbocycles. The summed E-state index contributed by atoms with van der Waals surface area (Å²) < 4.78 is 26.8. The number of benzene rings is 2. The predicted octanol–water partition coefficient (Wildman–Crippen LogP) is 4.20. The smallest absolute Gasteiger partial charge is 0.244 e. The Labute approximate surface area is 209 Å². The summed E-state index contributed by atoms with van der Waals surface area (Å²) >= 11 is 9.35. The van der Waals surface area contributed by atoms with Gasteiger partial charge in [-0.15, -0.1) is 0 Å². The molecule has 2 aromatic rings. The van der Waals surface area contributed by atoms with Crippen molar-refractivity contribution in [3.8, 4) is 0 Å². The summed E-state index contributed by atoms with van der Waals surface area (Å²) in [6, 6.07) is 13.0. The Hall–Kier alpha value is -2.10. The van der Waals surface area contributed by atoms with Crippen molar-refractivity contribution in [1.82, 2.24) is 10.2 Å². The van der Waals surface area contributed by atoms with Gasteiger partial charge in [0.2, 0.25) is 21.8 Å². The maximum absolute atomic E-state index is 13.5. The van der Waals surface area contributed by atoms with Crippen LogP contribution in [0.3, 0.4) is 0 Å². The number of carbonyl (C=O) groups is 2. The summed E-state index contributed by atoms with van der Waals surface area (Å²) in [5.41, 5.74) is 1.13. The molecule has 0 bridgehead atoms. The zero-order chi connectivity index (χ0) is 24.6. The van der Waals surface area contributed by atoms with E-state index < -0.39 is 28.5 Å². The first-order valence-corrected chi connectivity index (χ1v) is 13.6. The second-order valence-corrected chi connectivity index (χ2v) is 10.8. The number of nitrogens with one attached hydrogen (secondary N) is 1. The van der Waals surface area contributed by atoms with Crippen molar-refractivity contribution in [2.24, 2.45) is 0 Å². The van der Waals surface area contributed by atoms with Crippen LogP contribution >= 0.6 is 27.5 Å². The van der Waals surface area contributed by atoms with E-state index in [1.165, 1.54) is 4.90 Å². The summed E-state index contributed by atoms with van der Waals surface area (Å²) in [6.45, 7) is 3.96. The Morgan fingerprint density at radius 1 is 1.09 bits per heavy atom. The number of anilines is 1. The maximum Gasteiger partial charge on any atom is 0.244 e. The highest BCUT2D eigenvalue weighted by Gasteiger charge is 2.32. The van der Waals surface area contributed by atoms with Crippen LogP contribution in [-0.4, -0.2) is 50.5 Å². The summed E-state index contributed by atoms with van der Waals surface area (Å²) in [7, 11) is -3.78. The molecule has 0 radical (unpaired) electrons. The molecule has 1 atom stereocenters. The van der Waals surface area contributed by atoms with E-state index in [0.717, 1.165) is 22.5 Å². The monoisotopic (exact) mass is 557 g/mol. The van der Waals surface area contributed by atoms with Gasteiger partial charge in [0.1, 0.15) is 12.6 Å². The molecule has 0 fully saturated rings. The maximum atomic E-state index is 13.5. The van der Waals surface area contributed by atoms with E-state index >= 15 is 0 Å². The van der Waals surface area contributed by atoms with Crippen LogP contribution in [0.1, 0.15) is 32.3 Å².